The van der Waals surface area contributed by atoms with Gasteiger partial charge in [-0.1, -0.05) is 19.9 Å². The Kier molecular flexibility index (Phi) is 8.49. The Morgan fingerprint density at radius 2 is 1.60 bits per heavy atom. The second-order valence-electron chi connectivity index (χ2n) is 6.92. The molecule has 0 atom stereocenters. The number of hydrogen-bond acceptors (Lipinski definition) is 6. The van der Waals surface area contributed by atoms with Gasteiger partial charge in [-0.15, -0.1) is 0 Å². The highest BCUT2D eigenvalue weighted by Gasteiger charge is 2.15. The number of hydrogen-bond donors (Lipinski definition) is 2. The number of rotatable bonds is 11. The van der Waals surface area contributed by atoms with Gasteiger partial charge in [-0.2, -0.15) is 0 Å². The Morgan fingerprint density at radius 3 is 2.13 bits per heavy atom. The Hall–Kier alpha value is -2.78. The van der Waals surface area contributed by atoms with Crippen LogP contribution in [0.15, 0.2) is 47.4 Å². The summed E-state index contributed by atoms with van der Waals surface area (Å²) in [6.07, 6.45) is 0. The number of amides is 1. The fraction of sp³-hybridized carbons (Fsp3) is 0.381. The zero-order valence-corrected chi connectivity index (χ0v) is 18.4. The van der Waals surface area contributed by atoms with Crippen LogP contribution in [0, 0.1) is 5.92 Å². The molecule has 0 saturated heterocycles. The molecule has 9 heteroatoms. The van der Waals surface area contributed by atoms with Crippen molar-refractivity contribution in [2.24, 2.45) is 5.92 Å². The molecule has 2 aromatic rings. The van der Waals surface area contributed by atoms with Gasteiger partial charge in [-0.05, 0) is 42.3 Å². The number of sulfonamides is 1. The van der Waals surface area contributed by atoms with E-state index in [9.17, 15) is 13.2 Å². The van der Waals surface area contributed by atoms with Crippen LogP contribution in [0.4, 0.5) is 0 Å². The first kappa shape index (κ1) is 23.5. The van der Waals surface area contributed by atoms with E-state index >= 15 is 0 Å². The van der Waals surface area contributed by atoms with Crippen LogP contribution in [0.1, 0.15) is 19.4 Å². The molecule has 2 aromatic carbocycles. The summed E-state index contributed by atoms with van der Waals surface area (Å²) in [6.45, 7) is 4.21. The van der Waals surface area contributed by atoms with Gasteiger partial charge >= 0.3 is 0 Å². The normalized spacial score (nSPS) is 11.2. The fourth-order valence-electron chi connectivity index (χ4n) is 2.56. The molecule has 0 saturated carbocycles. The van der Waals surface area contributed by atoms with Crippen molar-refractivity contribution in [3.8, 4) is 17.2 Å². The molecular formula is C21H28N2O6S. The number of benzene rings is 2. The largest absolute Gasteiger partial charge is 0.496 e. The van der Waals surface area contributed by atoms with Crippen LogP contribution in [-0.2, 0) is 21.4 Å². The molecule has 0 radical (unpaired) electrons. The summed E-state index contributed by atoms with van der Waals surface area (Å²) in [7, 11) is -0.470. The smallest absolute Gasteiger partial charge is 0.258 e. The topological polar surface area (TPSA) is 103 Å². The maximum absolute atomic E-state index is 12.2. The first-order valence-corrected chi connectivity index (χ1v) is 10.9. The minimum absolute atomic E-state index is 0.142. The molecule has 2 N–H and O–H groups in total. The molecule has 164 valence electrons. The quantitative estimate of drug-likeness (QED) is 0.560. The van der Waals surface area contributed by atoms with Gasteiger partial charge < -0.3 is 19.5 Å². The van der Waals surface area contributed by atoms with Crippen molar-refractivity contribution in [1.29, 1.82) is 0 Å². The minimum atomic E-state index is -3.56. The third kappa shape index (κ3) is 6.64. The molecule has 1 amide bonds. The van der Waals surface area contributed by atoms with Crippen molar-refractivity contribution >= 4 is 15.9 Å². The van der Waals surface area contributed by atoms with E-state index in [2.05, 4.69) is 10.0 Å². The molecule has 0 aliphatic rings. The van der Waals surface area contributed by atoms with Crippen molar-refractivity contribution in [1.82, 2.24) is 10.0 Å². The summed E-state index contributed by atoms with van der Waals surface area (Å²) in [5.74, 6) is 1.48. The zero-order valence-electron chi connectivity index (χ0n) is 17.6. The molecule has 0 fully saturated rings. The lowest BCUT2D eigenvalue weighted by Gasteiger charge is -2.14. The second kappa shape index (κ2) is 10.8. The van der Waals surface area contributed by atoms with Crippen LogP contribution in [0.25, 0.3) is 0 Å². The summed E-state index contributed by atoms with van der Waals surface area (Å²) < 4.78 is 43.0. The molecule has 8 nitrogen and oxygen atoms in total. The fourth-order valence-corrected chi connectivity index (χ4v) is 3.78. The summed E-state index contributed by atoms with van der Waals surface area (Å²) in [5, 5.41) is 2.75. The number of carbonyl (C=O) groups excluding carboxylic acids is 1. The van der Waals surface area contributed by atoms with Gasteiger partial charge in [0, 0.05) is 6.54 Å². The van der Waals surface area contributed by atoms with E-state index in [1.807, 2.05) is 13.8 Å². The molecule has 0 spiro atoms. The Labute approximate surface area is 177 Å². The molecule has 0 aromatic heterocycles. The van der Waals surface area contributed by atoms with Gasteiger partial charge in [0.15, 0.2) is 6.61 Å². The highest BCUT2D eigenvalue weighted by atomic mass is 32.2. The lowest BCUT2D eigenvalue weighted by Crippen LogP contribution is -2.29. The number of nitrogens with one attached hydrogen (secondary N) is 2. The van der Waals surface area contributed by atoms with E-state index in [0.29, 0.717) is 23.8 Å². The number of methoxy groups -OCH3 is 2. The van der Waals surface area contributed by atoms with Crippen molar-refractivity contribution in [3.63, 3.8) is 0 Å². The average Bonchev–Trinajstić information content (AvgIpc) is 2.74. The zero-order chi connectivity index (χ0) is 22.1. The molecule has 0 heterocycles. The van der Waals surface area contributed by atoms with Gasteiger partial charge in [0.05, 0.1) is 31.2 Å². The van der Waals surface area contributed by atoms with E-state index in [1.54, 1.807) is 32.4 Å². The molecule has 0 aliphatic heterocycles. The highest BCUT2D eigenvalue weighted by molar-refractivity contribution is 7.89. The third-order valence-electron chi connectivity index (χ3n) is 4.18. The first-order chi connectivity index (χ1) is 14.3. The SMILES string of the molecule is COc1cccc(OC)c1CNC(=O)COc1ccc(S(=O)(=O)NCC(C)C)cc1. The van der Waals surface area contributed by atoms with Crippen LogP contribution in [0.3, 0.4) is 0 Å². The second-order valence-corrected chi connectivity index (χ2v) is 8.69. The average molecular weight is 437 g/mol. The van der Waals surface area contributed by atoms with Gasteiger partial charge in [0.25, 0.3) is 5.91 Å². The number of ether oxygens (including phenoxy) is 3. The third-order valence-corrected chi connectivity index (χ3v) is 5.62. The van der Waals surface area contributed by atoms with Crippen LogP contribution in [0.2, 0.25) is 0 Å². The van der Waals surface area contributed by atoms with Crippen LogP contribution in [-0.4, -0.2) is 41.7 Å². The molecular weight excluding hydrogens is 408 g/mol. The maximum atomic E-state index is 12.2. The summed E-state index contributed by atoms with van der Waals surface area (Å²) in [5.41, 5.74) is 0.722. The van der Waals surface area contributed by atoms with Crippen molar-refractivity contribution in [2.45, 2.75) is 25.3 Å². The van der Waals surface area contributed by atoms with Gasteiger partial charge in [0.2, 0.25) is 10.0 Å². The van der Waals surface area contributed by atoms with Gasteiger partial charge in [0.1, 0.15) is 17.2 Å². The van der Waals surface area contributed by atoms with Crippen molar-refractivity contribution in [3.05, 3.63) is 48.0 Å². The van der Waals surface area contributed by atoms with Crippen molar-refractivity contribution < 1.29 is 27.4 Å². The molecule has 0 aliphatic carbocycles. The van der Waals surface area contributed by atoms with E-state index in [4.69, 9.17) is 14.2 Å². The Balaban J connectivity index is 1.90. The minimum Gasteiger partial charge on any atom is -0.496 e. The molecule has 0 unspecified atom stereocenters. The van der Waals surface area contributed by atoms with E-state index < -0.39 is 10.0 Å². The summed E-state index contributed by atoms with van der Waals surface area (Å²) in [4.78, 5) is 12.3. The number of carbonyl (C=O) groups is 1. The predicted octanol–water partition coefficient (Wildman–Crippen LogP) is 2.33. The maximum Gasteiger partial charge on any atom is 0.258 e. The summed E-state index contributed by atoms with van der Waals surface area (Å²) in [6, 6.07) is 11.3. The van der Waals surface area contributed by atoms with Gasteiger partial charge in [-0.3, -0.25) is 4.79 Å². The van der Waals surface area contributed by atoms with Crippen LogP contribution in [0.5, 0.6) is 17.2 Å². The Bertz CT molecular complexity index is 920. The lowest BCUT2D eigenvalue weighted by molar-refractivity contribution is -0.123. The molecule has 30 heavy (non-hydrogen) atoms. The lowest BCUT2D eigenvalue weighted by atomic mass is 10.1. The van der Waals surface area contributed by atoms with Crippen LogP contribution >= 0.6 is 0 Å². The van der Waals surface area contributed by atoms with Crippen LogP contribution < -0.4 is 24.2 Å². The van der Waals surface area contributed by atoms with E-state index in [0.717, 1.165) is 5.56 Å². The standard InChI is InChI=1S/C21H28N2O6S/c1-15(2)12-23-30(25,26)17-10-8-16(9-11-17)29-14-21(24)22-13-18-19(27-3)6-5-7-20(18)28-4/h5-11,15,23H,12-14H2,1-4H3,(H,22,24). The predicted molar refractivity (Wildman–Crippen MR) is 113 cm³/mol. The molecule has 0 bridgehead atoms. The Morgan fingerprint density at radius 1 is 1.00 bits per heavy atom. The summed E-state index contributed by atoms with van der Waals surface area (Å²) >= 11 is 0. The first-order valence-electron chi connectivity index (χ1n) is 9.46. The highest BCUT2D eigenvalue weighted by Crippen LogP contribution is 2.27. The van der Waals surface area contributed by atoms with Crippen molar-refractivity contribution in [2.75, 3.05) is 27.4 Å². The van der Waals surface area contributed by atoms with E-state index in [1.165, 1.54) is 24.3 Å². The molecule has 2 rings (SSSR count). The van der Waals surface area contributed by atoms with Gasteiger partial charge in [-0.25, -0.2) is 13.1 Å². The van der Waals surface area contributed by atoms with E-state index in [-0.39, 0.29) is 29.9 Å². The monoisotopic (exact) mass is 436 g/mol.